The van der Waals surface area contributed by atoms with E-state index >= 15 is 0 Å². The van der Waals surface area contributed by atoms with E-state index in [0.717, 1.165) is 0 Å². The Morgan fingerprint density at radius 3 is 0.864 bits per heavy atom. The predicted octanol–water partition coefficient (Wildman–Crippen LogP) is 33.4. The van der Waals surface area contributed by atoms with Crippen molar-refractivity contribution in [1.82, 2.24) is 0 Å². The van der Waals surface area contributed by atoms with E-state index < -0.39 is 109 Å². The Labute approximate surface area is 709 Å². The van der Waals surface area contributed by atoms with Crippen LogP contribution in [0.1, 0.15) is 24.7 Å². The van der Waals surface area contributed by atoms with Crippen LogP contribution in [0.4, 0.5) is 0 Å². The van der Waals surface area contributed by atoms with Gasteiger partial charge in [-0.3, -0.25) is 0 Å². The zero-order valence-corrected chi connectivity index (χ0v) is 63.3. The van der Waals surface area contributed by atoms with Crippen molar-refractivity contribution >= 4 is 151 Å². The molecule has 0 unspecified atom stereocenters. The summed E-state index contributed by atoms with van der Waals surface area (Å²) in [5.74, 6) is 0. The van der Waals surface area contributed by atoms with Gasteiger partial charge in [0, 0.05) is 0 Å². The van der Waals surface area contributed by atoms with Crippen molar-refractivity contribution in [2.45, 2.75) is 0 Å². The minimum atomic E-state index is -0.600. The second-order valence-corrected chi connectivity index (χ2v) is 30.1. The number of benzene rings is 25. The van der Waals surface area contributed by atoms with Gasteiger partial charge in [-0.1, -0.05) is 418 Å². The van der Waals surface area contributed by atoms with Crippen LogP contribution in [-0.4, -0.2) is 0 Å². The van der Waals surface area contributed by atoms with E-state index in [9.17, 15) is 8.22 Å². The minimum absolute atomic E-state index is 0.00774. The van der Waals surface area contributed by atoms with Gasteiger partial charge >= 0.3 is 0 Å². The van der Waals surface area contributed by atoms with E-state index in [1.165, 1.54) is 148 Å². The van der Waals surface area contributed by atoms with Crippen LogP contribution in [0.5, 0.6) is 0 Å². The molecule has 0 aliphatic rings. The highest BCUT2D eigenvalue weighted by Gasteiger charge is 2.23. The first-order valence-electron chi connectivity index (χ1n) is 48.5. The summed E-state index contributed by atoms with van der Waals surface area (Å²) in [6, 6.07) is 110. The first-order valence-corrected chi connectivity index (χ1v) is 39.5. The largest absolute Gasteiger partial charge is 0.0630 e. The Hall–Kier alpha value is -15.3. The molecule has 0 fully saturated rings. The van der Waals surface area contributed by atoms with E-state index in [1.54, 1.807) is 42.5 Å². The molecule has 0 saturated heterocycles. The molecule has 0 saturated carbocycles. The van der Waals surface area contributed by atoms with Crippen LogP contribution in [0.2, 0.25) is 0 Å². The van der Waals surface area contributed by atoms with E-state index in [1.807, 2.05) is 0 Å². The van der Waals surface area contributed by atoms with E-state index in [0.29, 0.717) is 11.1 Å². The lowest BCUT2D eigenvalue weighted by molar-refractivity contribution is 1.59. The second kappa shape index (κ2) is 28.3. The molecule has 0 heterocycles. The van der Waals surface area contributed by atoms with Gasteiger partial charge in [-0.05, 0) is 270 Å². The smallest absolute Gasteiger partial charge is 0.0622 e. The molecule has 0 nitrogen and oxygen atoms in total. The van der Waals surface area contributed by atoms with Gasteiger partial charge in [0.1, 0.15) is 0 Å². The average molecular weight is 1510 g/mol. The molecule has 25 rings (SSSR count). The lowest BCUT2D eigenvalue weighted by atomic mass is 9.84. The fourth-order valence-electron chi connectivity index (χ4n) is 18.2. The van der Waals surface area contributed by atoms with Gasteiger partial charge in [0.05, 0.1) is 24.7 Å². The maximum absolute atomic E-state index is 9.48. The summed E-state index contributed by atoms with van der Waals surface area (Å²) in [7, 11) is 0. The number of hydrogen-bond acceptors (Lipinski definition) is 0. The van der Waals surface area contributed by atoms with Gasteiger partial charge < -0.3 is 0 Å². The molecule has 0 N–H and O–H groups in total. The zero-order valence-electron chi connectivity index (χ0n) is 81.3. The minimum Gasteiger partial charge on any atom is -0.0622 e. The van der Waals surface area contributed by atoms with Gasteiger partial charge in [-0.15, -0.1) is 0 Å². The van der Waals surface area contributed by atoms with Crippen molar-refractivity contribution in [1.29, 1.82) is 0 Å². The fourth-order valence-corrected chi connectivity index (χ4v) is 18.2. The molecule has 0 bridgehead atoms. The molecule has 118 heavy (non-hydrogen) atoms. The SMILES string of the molecule is [2H]c1c([2H])c2c([2H])c([2H])c3c([2H])c([2H])c(-c4cc(-c5ccccc5)cc(-c5c([2H])c([2H])c6c([2H])c([2H])c7c([2H])c([2H])c([2H])c8c([2H])c([2H])c5c6c78)c4)c4c([2H])c([2H])c(c1[2H])c2c34.c1ccc2cc(-c3c4ccccc4c(-c4cccc5ccccc45)c4ccccc34)ccc2c1.c1ccc2cc(-c3ccc(-c4c5ccccc5c(-c5cccc6ccccc56)c5ccccc45)cc3)ccc2c1. The summed E-state index contributed by atoms with van der Waals surface area (Å²) in [6.07, 6.45) is 0. The number of rotatable bonds is 8. The number of fused-ring (bicyclic) bond motifs is 8. The average Bonchev–Trinajstić information content (AvgIpc) is 0.674. The van der Waals surface area contributed by atoms with Crippen LogP contribution in [0.25, 0.3) is 240 Å². The summed E-state index contributed by atoms with van der Waals surface area (Å²) in [5, 5.41) is 19.0. The van der Waals surface area contributed by atoms with Crippen molar-refractivity contribution in [3.63, 3.8) is 0 Å². The van der Waals surface area contributed by atoms with Crippen LogP contribution in [0, 0.1) is 0 Å². The van der Waals surface area contributed by atoms with Crippen molar-refractivity contribution in [2.24, 2.45) is 0 Å². The van der Waals surface area contributed by atoms with Crippen molar-refractivity contribution in [3.8, 4) is 89.0 Å². The molecule has 0 radical (unpaired) electrons. The van der Waals surface area contributed by atoms with Crippen molar-refractivity contribution in [2.75, 3.05) is 0 Å². The molecular weight excluding hydrogens is 1420 g/mol. The molecule has 0 amide bonds. The molecule has 0 aliphatic heterocycles. The summed E-state index contributed by atoms with van der Waals surface area (Å²) in [5.41, 5.74) is 13.9. The molecular formula is C118H74. The van der Waals surface area contributed by atoms with E-state index in [2.05, 4.69) is 291 Å². The Kier molecular flexibility index (Phi) is 12.5. The normalized spacial score (nSPS) is 13.9. The Bertz CT molecular complexity index is 9070. The van der Waals surface area contributed by atoms with Gasteiger partial charge in [-0.25, -0.2) is 0 Å². The Morgan fingerprint density at radius 1 is 0.127 bits per heavy atom. The lowest BCUT2D eigenvalue weighted by Crippen LogP contribution is -1.91. The lowest BCUT2D eigenvalue weighted by Gasteiger charge is -2.19. The van der Waals surface area contributed by atoms with Crippen molar-refractivity contribution < 1.29 is 24.7 Å². The molecule has 0 heteroatoms. The van der Waals surface area contributed by atoms with Gasteiger partial charge in [0.15, 0.2) is 0 Å². The Balaban J connectivity index is 0.000000121. The third kappa shape index (κ3) is 11.5. The van der Waals surface area contributed by atoms with Crippen LogP contribution in [-0.2, 0) is 0 Å². The second-order valence-electron chi connectivity index (χ2n) is 30.1. The first-order chi connectivity index (χ1) is 66.1. The maximum atomic E-state index is 9.48. The van der Waals surface area contributed by atoms with E-state index in [-0.39, 0.29) is 86.9 Å². The first kappa shape index (κ1) is 52.1. The van der Waals surface area contributed by atoms with Crippen LogP contribution in [0.3, 0.4) is 0 Å². The molecule has 0 aliphatic carbocycles. The summed E-state index contributed by atoms with van der Waals surface area (Å²) >= 11 is 0. The molecule has 0 spiro atoms. The zero-order chi connectivity index (χ0) is 93.4. The Morgan fingerprint density at radius 2 is 0.424 bits per heavy atom. The van der Waals surface area contributed by atoms with Gasteiger partial charge in [0.2, 0.25) is 0 Å². The quantitative estimate of drug-likeness (QED) is 0.105. The molecule has 25 aromatic carbocycles. The third-order valence-corrected chi connectivity index (χ3v) is 23.5. The summed E-state index contributed by atoms with van der Waals surface area (Å²) < 4.78 is 162. The van der Waals surface area contributed by atoms with Crippen LogP contribution in [0.15, 0.2) is 448 Å². The summed E-state index contributed by atoms with van der Waals surface area (Å²) in [4.78, 5) is 0. The third-order valence-electron chi connectivity index (χ3n) is 23.5. The number of hydrogen-bond donors (Lipinski definition) is 0. The van der Waals surface area contributed by atoms with Gasteiger partial charge in [-0.2, -0.15) is 0 Å². The maximum Gasteiger partial charge on any atom is 0.0630 e. The monoisotopic (exact) mass is 1510 g/mol. The van der Waals surface area contributed by atoms with Crippen LogP contribution >= 0.6 is 0 Å². The molecule has 0 atom stereocenters. The fraction of sp³-hybridized carbons (Fsp3) is 0. The highest BCUT2D eigenvalue weighted by Crippen LogP contribution is 2.50. The predicted molar refractivity (Wildman–Crippen MR) is 510 cm³/mol. The van der Waals surface area contributed by atoms with Crippen molar-refractivity contribution in [3.05, 3.63) is 448 Å². The van der Waals surface area contributed by atoms with Gasteiger partial charge in [0.25, 0.3) is 0 Å². The highest BCUT2D eigenvalue weighted by atomic mass is 14.3. The molecule has 0 aromatic heterocycles. The molecule has 25 aromatic rings. The standard InChI is InChI=1S/C44H26.C40H26.C34H22/c1-2-6-27(7-3-1)34-24-35(37-20-16-32-14-12-28-8-4-10-30-18-22-39(37)43(32)41(28)30)26-36(25-34)38-21-17-33-15-13-29-9-5-11-31-19-23-40(38)44(33)42(29)31;1-2-12-31-26-32(25-22-27(31)10-1)28-20-23-30(24-21-28)39-35-15-5-7-17-37(35)40(38-18-8-6-16-36(38)39)34-19-9-13-29-11-3-4-14-33(29)34;1-2-12-25-22-26(21-20-23(25)10-1)33-29-15-5-7-17-31(29)34(32-18-8-6-16-30(32)33)28-19-9-13-24-11-3-4-14-27(24)28/h1-26H;1-26H;1-22H/i4D,5D,8D,9D,10D,11D,12D,13D,14D,15D,16D,17D,18D,19D,20D,21D,22D,23D;;. The highest BCUT2D eigenvalue weighted by molar-refractivity contribution is 6.29. The summed E-state index contributed by atoms with van der Waals surface area (Å²) in [6.45, 7) is 0. The molecule has 546 valence electrons. The van der Waals surface area contributed by atoms with E-state index in [4.69, 9.17) is 16.4 Å². The topological polar surface area (TPSA) is 0 Å². The van der Waals surface area contributed by atoms with Crippen LogP contribution < -0.4 is 0 Å².